The Hall–Kier alpha value is -2.73. The second kappa shape index (κ2) is 9.83. The summed E-state index contributed by atoms with van der Waals surface area (Å²) in [5, 5.41) is 3.22. The highest BCUT2D eigenvalue weighted by molar-refractivity contribution is 7.80. The molecule has 0 saturated carbocycles. The Morgan fingerprint density at radius 2 is 1.63 bits per heavy atom. The molecular weight excluding hydrogens is 362 g/mol. The molecule has 6 heteroatoms. The van der Waals surface area contributed by atoms with Gasteiger partial charge in [-0.05, 0) is 54.0 Å². The van der Waals surface area contributed by atoms with Crippen molar-refractivity contribution in [2.24, 2.45) is 0 Å². The minimum atomic E-state index is 0.592. The second-order valence-electron chi connectivity index (χ2n) is 5.81. The van der Waals surface area contributed by atoms with E-state index in [1.165, 1.54) is 0 Å². The van der Waals surface area contributed by atoms with Gasteiger partial charge in [0.05, 0.1) is 33.4 Å². The van der Waals surface area contributed by atoms with Gasteiger partial charge in [-0.2, -0.15) is 0 Å². The van der Waals surface area contributed by atoms with E-state index in [4.69, 9.17) is 31.2 Å². The Kier molecular flexibility index (Phi) is 7.49. The number of rotatable bonds is 8. The van der Waals surface area contributed by atoms with Gasteiger partial charge in [-0.15, -0.1) is 0 Å². The number of ether oxygens (including phenoxy) is 4. The van der Waals surface area contributed by atoms with Crippen LogP contribution < -0.4 is 24.3 Å². The summed E-state index contributed by atoms with van der Waals surface area (Å²) in [4.78, 5) is 0.636. The van der Waals surface area contributed by atoms with Gasteiger partial charge in [0.1, 0.15) is 0 Å². The van der Waals surface area contributed by atoms with Crippen LogP contribution in [0.4, 0.5) is 0 Å². The average molecular weight is 388 g/mol. The van der Waals surface area contributed by atoms with E-state index in [9.17, 15) is 0 Å². The smallest absolute Gasteiger partial charge is 0.163 e. The number of nitrogens with one attached hydrogen (secondary N) is 1. The summed E-state index contributed by atoms with van der Waals surface area (Å²) in [7, 11) is 6.49. The van der Waals surface area contributed by atoms with Crippen LogP contribution in [0.3, 0.4) is 0 Å². The van der Waals surface area contributed by atoms with E-state index in [1.54, 1.807) is 28.4 Å². The molecule has 0 saturated heterocycles. The summed E-state index contributed by atoms with van der Waals surface area (Å²) in [5.41, 5.74) is 3.03. The summed E-state index contributed by atoms with van der Waals surface area (Å²) in [5.74, 6) is 2.83. The van der Waals surface area contributed by atoms with Crippen LogP contribution in [-0.4, -0.2) is 33.4 Å². The fourth-order valence-electron chi connectivity index (χ4n) is 2.69. The standard InChI is InChI=1S/C21H25NO4S/c1-14-10-15(11-19(25-4)21(14)26-5)7-9-20(27)22-13-16-6-8-17(23-2)18(12-16)24-3/h6-12H,13H2,1-5H3,(H,22,27)/b9-7+. The lowest BCUT2D eigenvalue weighted by atomic mass is 10.1. The van der Waals surface area contributed by atoms with E-state index in [0.717, 1.165) is 22.4 Å². The van der Waals surface area contributed by atoms with Gasteiger partial charge < -0.3 is 24.3 Å². The highest BCUT2D eigenvalue weighted by Gasteiger charge is 2.08. The topological polar surface area (TPSA) is 49.0 Å². The summed E-state index contributed by atoms with van der Waals surface area (Å²) in [6.07, 6.45) is 3.80. The number of benzene rings is 2. The zero-order valence-corrected chi connectivity index (χ0v) is 17.1. The van der Waals surface area contributed by atoms with Gasteiger partial charge in [-0.3, -0.25) is 0 Å². The van der Waals surface area contributed by atoms with Gasteiger partial charge in [-0.1, -0.05) is 24.4 Å². The maximum atomic E-state index is 5.40. The molecule has 0 aliphatic rings. The second-order valence-corrected chi connectivity index (χ2v) is 6.25. The van der Waals surface area contributed by atoms with Crippen molar-refractivity contribution in [2.75, 3.05) is 28.4 Å². The summed E-state index contributed by atoms with van der Waals surface area (Å²) in [6, 6.07) is 9.71. The molecule has 0 aromatic heterocycles. The number of hydrogen-bond acceptors (Lipinski definition) is 5. The molecule has 5 nitrogen and oxygen atoms in total. The molecule has 0 unspecified atom stereocenters. The first-order chi connectivity index (χ1) is 13.0. The van der Waals surface area contributed by atoms with E-state index in [0.29, 0.717) is 28.8 Å². The molecule has 0 bridgehead atoms. The van der Waals surface area contributed by atoms with Crippen molar-refractivity contribution in [1.82, 2.24) is 5.32 Å². The molecule has 0 aliphatic carbocycles. The molecule has 0 heterocycles. The average Bonchev–Trinajstić information content (AvgIpc) is 2.69. The quantitative estimate of drug-likeness (QED) is 0.542. The van der Waals surface area contributed by atoms with Crippen LogP contribution >= 0.6 is 12.2 Å². The van der Waals surface area contributed by atoms with E-state index < -0.39 is 0 Å². The zero-order chi connectivity index (χ0) is 19.8. The Balaban J connectivity index is 2.02. The molecule has 0 amide bonds. The minimum absolute atomic E-state index is 0.592. The van der Waals surface area contributed by atoms with Crippen LogP contribution in [0.15, 0.2) is 36.4 Å². The molecule has 1 N–H and O–H groups in total. The molecule has 0 fully saturated rings. The summed E-state index contributed by atoms with van der Waals surface area (Å²) in [6.45, 7) is 2.57. The number of methoxy groups -OCH3 is 4. The first kappa shape index (κ1) is 20.6. The van der Waals surface area contributed by atoms with E-state index >= 15 is 0 Å². The number of hydrogen-bond donors (Lipinski definition) is 1. The molecule has 0 aliphatic heterocycles. The lowest BCUT2D eigenvalue weighted by Gasteiger charge is -2.12. The first-order valence-electron chi connectivity index (χ1n) is 8.41. The molecule has 2 aromatic rings. The van der Waals surface area contributed by atoms with Crippen molar-refractivity contribution in [1.29, 1.82) is 0 Å². The van der Waals surface area contributed by atoms with Gasteiger partial charge >= 0.3 is 0 Å². The third kappa shape index (κ3) is 5.37. The SMILES string of the molecule is COc1ccc(CNC(=S)/C=C/c2cc(C)c(OC)c(OC)c2)cc1OC. The third-order valence-electron chi connectivity index (χ3n) is 4.03. The normalized spacial score (nSPS) is 10.6. The first-order valence-corrected chi connectivity index (χ1v) is 8.82. The van der Waals surface area contributed by atoms with Gasteiger partial charge in [-0.25, -0.2) is 0 Å². The Morgan fingerprint density at radius 3 is 2.26 bits per heavy atom. The van der Waals surface area contributed by atoms with Crippen molar-refractivity contribution >= 4 is 23.3 Å². The number of thiocarbonyl (C=S) groups is 1. The highest BCUT2D eigenvalue weighted by atomic mass is 32.1. The van der Waals surface area contributed by atoms with E-state index in [2.05, 4.69) is 5.32 Å². The fraction of sp³-hybridized carbons (Fsp3) is 0.286. The van der Waals surface area contributed by atoms with Gasteiger partial charge in [0, 0.05) is 6.54 Å². The maximum absolute atomic E-state index is 5.40. The third-order valence-corrected chi connectivity index (χ3v) is 4.31. The van der Waals surface area contributed by atoms with Crippen LogP contribution in [0.25, 0.3) is 6.08 Å². The van der Waals surface area contributed by atoms with Crippen LogP contribution in [0.1, 0.15) is 16.7 Å². The van der Waals surface area contributed by atoms with Gasteiger partial charge in [0.25, 0.3) is 0 Å². The van der Waals surface area contributed by atoms with Gasteiger partial charge in [0.15, 0.2) is 23.0 Å². The van der Waals surface area contributed by atoms with Crippen molar-refractivity contribution < 1.29 is 18.9 Å². The Bertz CT molecular complexity index is 833. The molecule has 144 valence electrons. The van der Waals surface area contributed by atoms with Crippen LogP contribution in [-0.2, 0) is 6.54 Å². The lowest BCUT2D eigenvalue weighted by molar-refractivity contribution is 0.353. The van der Waals surface area contributed by atoms with Crippen LogP contribution in [0.5, 0.6) is 23.0 Å². The predicted molar refractivity (Wildman–Crippen MR) is 112 cm³/mol. The number of aryl methyl sites for hydroxylation is 1. The van der Waals surface area contributed by atoms with Crippen molar-refractivity contribution in [2.45, 2.75) is 13.5 Å². The van der Waals surface area contributed by atoms with Crippen LogP contribution in [0, 0.1) is 6.92 Å². The maximum Gasteiger partial charge on any atom is 0.163 e. The van der Waals surface area contributed by atoms with E-state index in [1.807, 2.05) is 49.4 Å². The van der Waals surface area contributed by atoms with Gasteiger partial charge in [0.2, 0.25) is 0 Å². The fourth-order valence-corrected chi connectivity index (χ4v) is 2.83. The molecule has 0 radical (unpaired) electrons. The highest BCUT2D eigenvalue weighted by Crippen LogP contribution is 2.32. The molecule has 27 heavy (non-hydrogen) atoms. The summed E-state index contributed by atoms with van der Waals surface area (Å²) < 4.78 is 21.3. The Labute approximate surface area is 165 Å². The molecule has 2 rings (SSSR count). The van der Waals surface area contributed by atoms with Crippen molar-refractivity contribution in [3.63, 3.8) is 0 Å². The largest absolute Gasteiger partial charge is 0.493 e. The molecule has 2 aromatic carbocycles. The Morgan fingerprint density at radius 1 is 0.926 bits per heavy atom. The van der Waals surface area contributed by atoms with E-state index in [-0.39, 0.29) is 0 Å². The lowest BCUT2D eigenvalue weighted by Crippen LogP contribution is -2.18. The summed E-state index contributed by atoms with van der Waals surface area (Å²) >= 11 is 5.40. The molecular formula is C21H25NO4S. The monoisotopic (exact) mass is 387 g/mol. The van der Waals surface area contributed by atoms with Crippen LogP contribution in [0.2, 0.25) is 0 Å². The molecule has 0 spiro atoms. The zero-order valence-electron chi connectivity index (χ0n) is 16.3. The van der Waals surface area contributed by atoms with Crippen molar-refractivity contribution in [3.05, 3.63) is 53.1 Å². The molecule has 0 atom stereocenters. The predicted octanol–water partition coefficient (Wildman–Crippen LogP) is 4.16. The van der Waals surface area contributed by atoms with Crippen molar-refractivity contribution in [3.8, 4) is 23.0 Å². The minimum Gasteiger partial charge on any atom is -0.493 e.